The summed E-state index contributed by atoms with van der Waals surface area (Å²) in [6, 6.07) is 8.44. The van der Waals surface area contributed by atoms with Crippen LogP contribution in [0.4, 0.5) is 20.5 Å². The van der Waals surface area contributed by atoms with E-state index in [1.807, 2.05) is 30.4 Å². The highest BCUT2D eigenvalue weighted by Gasteiger charge is 2.31. The number of carbonyl (C=O) groups is 1. The Morgan fingerprint density at radius 1 is 1.16 bits per heavy atom. The lowest BCUT2D eigenvalue weighted by atomic mass is 10.0. The van der Waals surface area contributed by atoms with Crippen LogP contribution in [0.3, 0.4) is 0 Å². The van der Waals surface area contributed by atoms with E-state index in [0.29, 0.717) is 53.7 Å². The number of imidazole rings is 1. The zero-order valence-electron chi connectivity index (χ0n) is 24.4. The van der Waals surface area contributed by atoms with E-state index in [4.69, 9.17) is 15.1 Å². The lowest BCUT2D eigenvalue weighted by Gasteiger charge is -2.37. The lowest BCUT2D eigenvalue weighted by molar-refractivity contribution is -0.132. The van der Waals surface area contributed by atoms with Crippen LogP contribution in [0.1, 0.15) is 36.8 Å². The van der Waals surface area contributed by atoms with Gasteiger partial charge in [0.05, 0.1) is 18.3 Å². The standard InChI is InChI=1S/C29H34FN9O2S2/c1-4-22-26(36(3)27-33-25(23(14-31)42-27)18-7-9-19(30)10-8-18)39-28(32-22)43-29(34-39)38-12-5-6-20(15-38)35(2)17-24(41)37-13-11-21(40)16-37/h7-10,20-21,40H,4-6,11-13,15-17H2,1-3H3. The summed E-state index contributed by atoms with van der Waals surface area (Å²) in [7, 11) is 3.90. The molecule has 2 unspecified atom stereocenters. The minimum Gasteiger partial charge on any atom is -0.391 e. The number of piperidine rings is 1. The van der Waals surface area contributed by atoms with Crippen LogP contribution in [0, 0.1) is 17.1 Å². The molecule has 0 spiro atoms. The van der Waals surface area contributed by atoms with Gasteiger partial charge in [-0.3, -0.25) is 9.69 Å². The summed E-state index contributed by atoms with van der Waals surface area (Å²) in [5, 5.41) is 26.1. The Morgan fingerprint density at radius 2 is 1.95 bits per heavy atom. The van der Waals surface area contributed by atoms with Crippen molar-refractivity contribution in [2.75, 3.05) is 56.6 Å². The molecule has 43 heavy (non-hydrogen) atoms. The molecular formula is C29H34FN9O2S2. The highest BCUT2D eigenvalue weighted by molar-refractivity contribution is 7.20. The Bertz CT molecular complexity index is 1660. The largest absolute Gasteiger partial charge is 0.391 e. The molecule has 11 nitrogen and oxygen atoms in total. The topological polar surface area (TPSA) is 117 Å². The van der Waals surface area contributed by atoms with Gasteiger partial charge < -0.3 is 19.8 Å². The third kappa shape index (κ3) is 5.82. The summed E-state index contributed by atoms with van der Waals surface area (Å²) < 4.78 is 15.4. The number of likely N-dealkylation sites (N-methyl/N-ethyl adjacent to an activating group) is 1. The number of fused-ring (bicyclic) bond motifs is 1. The van der Waals surface area contributed by atoms with Crippen LogP contribution < -0.4 is 9.80 Å². The Balaban J connectivity index is 1.23. The average molecular weight is 624 g/mol. The van der Waals surface area contributed by atoms with E-state index in [2.05, 4.69) is 15.9 Å². The molecule has 0 aliphatic carbocycles. The van der Waals surface area contributed by atoms with Crippen LogP contribution in [0.25, 0.3) is 16.2 Å². The SMILES string of the molecule is CCc1nc2sc(N3CCCC(N(C)CC(=O)N4CCC(O)C4)C3)nn2c1N(C)c1nc(-c2ccc(F)cc2)c(C#N)s1. The number of aliphatic hydroxyl groups is 1. The number of aryl methyl sites for hydroxylation is 1. The molecule has 226 valence electrons. The fraction of sp³-hybridized carbons (Fsp3) is 0.483. The maximum Gasteiger partial charge on any atom is 0.236 e. The number of β-amino-alcohol motifs (C(OH)–C–C–N with tert-alkyl or cyclic N) is 1. The third-order valence-electron chi connectivity index (χ3n) is 8.20. The van der Waals surface area contributed by atoms with Gasteiger partial charge in [-0.25, -0.2) is 14.4 Å². The number of aromatic nitrogens is 4. The van der Waals surface area contributed by atoms with Gasteiger partial charge >= 0.3 is 0 Å². The number of benzene rings is 1. The molecule has 3 aromatic heterocycles. The van der Waals surface area contributed by atoms with E-state index in [0.717, 1.165) is 47.5 Å². The van der Waals surface area contributed by atoms with Crippen LogP contribution in [0.15, 0.2) is 24.3 Å². The Hall–Kier alpha value is -3.64. The molecule has 1 aromatic carbocycles. The summed E-state index contributed by atoms with van der Waals surface area (Å²) >= 11 is 2.82. The fourth-order valence-corrected chi connectivity index (χ4v) is 7.59. The summed E-state index contributed by atoms with van der Waals surface area (Å²) in [5.41, 5.74) is 2.09. The highest BCUT2D eigenvalue weighted by Crippen LogP contribution is 2.38. The molecule has 2 fully saturated rings. The van der Waals surface area contributed by atoms with Crippen molar-refractivity contribution in [3.8, 4) is 17.3 Å². The quantitative estimate of drug-likeness (QED) is 0.313. The number of aliphatic hydroxyl groups excluding tert-OH is 1. The van der Waals surface area contributed by atoms with Crippen LogP contribution in [0.5, 0.6) is 0 Å². The van der Waals surface area contributed by atoms with Crippen molar-refractivity contribution in [3.63, 3.8) is 0 Å². The zero-order valence-corrected chi connectivity index (χ0v) is 26.0. The van der Waals surface area contributed by atoms with Crippen molar-refractivity contribution < 1.29 is 14.3 Å². The number of amides is 1. The monoisotopic (exact) mass is 623 g/mol. The van der Waals surface area contributed by atoms with Gasteiger partial charge in [0.15, 0.2) is 10.9 Å². The summed E-state index contributed by atoms with van der Waals surface area (Å²) in [6.45, 7) is 5.05. The Kier molecular flexibility index (Phi) is 8.32. The number of likely N-dealkylation sites (tertiary alicyclic amines) is 1. The molecule has 14 heteroatoms. The van der Waals surface area contributed by atoms with E-state index in [1.165, 1.54) is 34.8 Å². The van der Waals surface area contributed by atoms with Crippen molar-refractivity contribution in [1.29, 1.82) is 5.26 Å². The van der Waals surface area contributed by atoms with E-state index in [-0.39, 0.29) is 17.8 Å². The number of hydrogen-bond acceptors (Lipinski definition) is 11. The molecule has 0 saturated carbocycles. The van der Waals surface area contributed by atoms with Crippen molar-refractivity contribution in [2.24, 2.45) is 0 Å². The first-order valence-corrected chi connectivity index (χ1v) is 16.1. The second kappa shape index (κ2) is 12.2. The minimum absolute atomic E-state index is 0.0630. The van der Waals surface area contributed by atoms with Crippen LogP contribution in [-0.2, 0) is 11.2 Å². The number of carbonyl (C=O) groups excluding carboxylic acids is 1. The first-order chi connectivity index (χ1) is 20.7. The van der Waals surface area contributed by atoms with Gasteiger partial charge in [0.1, 0.15) is 22.5 Å². The minimum atomic E-state index is -0.416. The number of nitriles is 1. The number of halogens is 1. The van der Waals surface area contributed by atoms with Crippen LogP contribution >= 0.6 is 22.7 Å². The summed E-state index contributed by atoms with van der Waals surface area (Å²) in [4.78, 5) is 31.8. The molecule has 1 N–H and O–H groups in total. The molecular weight excluding hydrogens is 590 g/mol. The molecule has 5 heterocycles. The molecule has 6 rings (SSSR count). The summed E-state index contributed by atoms with van der Waals surface area (Å²) in [6.07, 6.45) is 2.92. The molecule has 2 atom stereocenters. The molecule has 1 amide bonds. The maximum atomic E-state index is 13.5. The highest BCUT2D eigenvalue weighted by atomic mass is 32.1. The average Bonchev–Trinajstić information content (AvgIpc) is 3.80. The Labute approximate surface area is 257 Å². The second-order valence-electron chi connectivity index (χ2n) is 11.1. The van der Waals surface area contributed by atoms with E-state index < -0.39 is 6.10 Å². The second-order valence-corrected chi connectivity index (χ2v) is 13.0. The first kappa shape index (κ1) is 29.4. The summed E-state index contributed by atoms with van der Waals surface area (Å²) in [5.74, 6) is 0.521. The van der Waals surface area contributed by atoms with Crippen molar-refractivity contribution in [3.05, 3.63) is 40.7 Å². The van der Waals surface area contributed by atoms with Gasteiger partial charge in [-0.1, -0.05) is 29.6 Å². The molecule has 2 aliphatic rings. The molecule has 0 bridgehead atoms. The zero-order chi connectivity index (χ0) is 30.2. The predicted octanol–water partition coefficient (Wildman–Crippen LogP) is 3.75. The molecule has 2 aliphatic heterocycles. The molecule has 0 radical (unpaired) electrons. The Morgan fingerprint density at radius 3 is 2.65 bits per heavy atom. The number of thiazole rings is 1. The smallest absolute Gasteiger partial charge is 0.236 e. The van der Waals surface area contributed by atoms with E-state index >= 15 is 0 Å². The number of nitrogens with zero attached hydrogens (tertiary/aromatic N) is 9. The maximum absolute atomic E-state index is 13.5. The van der Waals surface area contributed by atoms with Crippen LogP contribution in [-0.4, -0.2) is 99.4 Å². The van der Waals surface area contributed by atoms with E-state index in [1.54, 1.807) is 17.0 Å². The normalized spacial score (nSPS) is 19.0. The number of rotatable bonds is 8. The van der Waals surface area contributed by atoms with Gasteiger partial charge in [-0.2, -0.15) is 9.78 Å². The van der Waals surface area contributed by atoms with Gasteiger partial charge in [0.25, 0.3) is 0 Å². The molecule has 2 saturated heterocycles. The van der Waals surface area contributed by atoms with Gasteiger partial charge in [-0.05, 0) is 57.0 Å². The lowest BCUT2D eigenvalue weighted by Crippen LogP contribution is -2.49. The van der Waals surface area contributed by atoms with Crippen molar-refractivity contribution >= 4 is 49.6 Å². The van der Waals surface area contributed by atoms with Crippen molar-refractivity contribution in [2.45, 2.75) is 44.8 Å². The number of anilines is 3. The van der Waals surface area contributed by atoms with Gasteiger partial charge in [-0.15, -0.1) is 5.10 Å². The first-order valence-electron chi connectivity index (χ1n) is 14.5. The molecule has 4 aromatic rings. The predicted molar refractivity (Wildman–Crippen MR) is 166 cm³/mol. The fourth-order valence-electron chi connectivity index (χ4n) is 5.79. The van der Waals surface area contributed by atoms with Gasteiger partial charge in [0, 0.05) is 44.8 Å². The van der Waals surface area contributed by atoms with Crippen molar-refractivity contribution in [1.82, 2.24) is 29.4 Å². The van der Waals surface area contributed by atoms with E-state index in [9.17, 15) is 19.6 Å². The number of hydrogen-bond donors (Lipinski definition) is 1. The van der Waals surface area contributed by atoms with Gasteiger partial charge in [0.2, 0.25) is 16.0 Å². The van der Waals surface area contributed by atoms with Crippen LogP contribution in [0.2, 0.25) is 0 Å². The third-order valence-corrected chi connectivity index (χ3v) is 10.2.